The van der Waals surface area contributed by atoms with Crippen molar-refractivity contribution in [3.8, 4) is 0 Å². The van der Waals surface area contributed by atoms with E-state index in [1.54, 1.807) is 19.1 Å². The summed E-state index contributed by atoms with van der Waals surface area (Å²) >= 11 is 5.90. The minimum atomic E-state index is -3.82. The number of nitrogens with one attached hydrogen (secondary N) is 1. The van der Waals surface area contributed by atoms with E-state index in [2.05, 4.69) is 4.72 Å². The SMILES string of the molecule is Cc1ccc(C(C)(C)C)cc1S(=O)(=O)Nc1ccc(F)cc1Cl. The Morgan fingerprint density at radius 3 is 2.30 bits per heavy atom. The number of halogens is 2. The molecule has 0 spiro atoms. The van der Waals surface area contributed by atoms with Gasteiger partial charge in [-0.3, -0.25) is 4.72 Å². The lowest BCUT2D eigenvalue weighted by atomic mass is 9.87. The molecule has 0 aliphatic heterocycles. The average molecular weight is 356 g/mol. The molecule has 0 aliphatic rings. The van der Waals surface area contributed by atoms with Crippen LogP contribution in [0, 0.1) is 12.7 Å². The van der Waals surface area contributed by atoms with Crippen LogP contribution < -0.4 is 4.72 Å². The molecule has 3 nitrogen and oxygen atoms in total. The minimum Gasteiger partial charge on any atom is -0.278 e. The van der Waals surface area contributed by atoms with Crippen LogP contribution in [0.5, 0.6) is 0 Å². The second-order valence-electron chi connectivity index (χ2n) is 6.46. The Morgan fingerprint density at radius 2 is 1.74 bits per heavy atom. The molecular weight excluding hydrogens is 337 g/mol. The highest BCUT2D eigenvalue weighted by molar-refractivity contribution is 7.92. The van der Waals surface area contributed by atoms with Crippen molar-refractivity contribution in [3.63, 3.8) is 0 Å². The van der Waals surface area contributed by atoms with Crippen molar-refractivity contribution < 1.29 is 12.8 Å². The van der Waals surface area contributed by atoms with Crippen molar-refractivity contribution in [2.45, 2.75) is 38.0 Å². The highest BCUT2D eigenvalue weighted by atomic mass is 35.5. The number of sulfonamides is 1. The third-order valence-electron chi connectivity index (χ3n) is 3.52. The highest BCUT2D eigenvalue weighted by Crippen LogP contribution is 2.29. The third kappa shape index (κ3) is 4.03. The van der Waals surface area contributed by atoms with E-state index in [-0.39, 0.29) is 21.0 Å². The Hall–Kier alpha value is -1.59. The Bertz CT molecular complexity index is 842. The first kappa shape index (κ1) is 17.8. The summed E-state index contributed by atoms with van der Waals surface area (Å²) in [6, 6.07) is 8.88. The molecule has 0 bridgehead atoms. The molecule has 0 amide bonds. The van der Waals surface area contributed by atoms with Crippen molar-refractivity contribution in [1.29, 1.82) is 0 Å². The first-order chi connectivity index (χ1) is 10.5. The standard InChI is InChI=1S/C17H19ClFNO2S/c1-11-5-6-12(17(2,3)4)9-16(11)23(21,22)20-15-8-7-13(19)10-14(15)18/h5-10,20H,1-4H3. The largest absolute Gasteiger partial charge is 0.278 e. The Morgan fingerprint density at radius 1 is 1.09 bits per heavy atom. The monoisotopic (exact) mass is 355 g/mol. The lowest BCUT2D eigenvalue weighted by molar-refractivity contribution is 0.584. The zero-order valence-corrected chi connectivity index (χ0v) is 15.0. The van der Waals surface area contributed by atoms with Gasteiger partial charge in [-0.1, -0.05) is 44.5 Å². The first-order valence-corrected chi connectivity index (χ1v) is 8.96. The van der Waals surface area contributed by atoms with Crippen molar-refractivity contribution in [3.05, 3.63) is 58.4 Å². The molecule has 0 aromatic heterocycles. The lowest BCUT2D eigenvalue weighted by Crippen LogP contribution is -2.17. The van der Waals surface area contributed by atoms with Crippen LogP contribution in [-0.2, 0) is 15.4 Å². The molecule has 0 atom stereocenters. The van der Waals surface area contributed by atoms with Gasteiger partial charge in [-0.25, -0.2) is 12.8 Å². The Labute approximate surface area is 141 Å². The fourth-order valence-corrected chi connectivity index (χ4v) is 3.75. The van der Waals surface area contributed by atoms with Gasteiger partial charge in [0.05, 0.1) is 15.6 Å². The van der Waals surface area contributed by atoms with Crippen LogP contribution in [0.4, 0.5) is 10.1 Å². The van der Waals surface area contributed by atoms with Crippen LogP contribution in [0.25, 0.3) is 0 Å². The minimum absolute atomic E-state index is 0.0122. The summed E-state index contributed by atoms with van der Waals surface area (Å²) in [5.41, 5.74) is 1.51. The van der Waals surface area contributed by atoms with Gasteiger partial charge >= 0.3 is 0 Å². The van der Waals surface area contributed by atoms with Crippen molar-refractivity contribution in [2.24, 2.45) is 0 Å². The maximum absolute atomic E-state index is 13.1. The Balaban J connectivity index is 2.47. The number of aryl methyl sites for hydroxylation is 1. The van der Waals surface area contributed by atoms with E-state index in [1.165, 1.54) is 6.07 Å². The lowest BCUT2D eigenvalue weighted by Gasteiger charge is -2.21. The number of rotatable bonds is 3. The predicted molar refractivity (Wildman–Crippen MR) is 92.1 cm³/mol. The molecule has 0 heterocycles. The summed E-state index contributed by atoms with van der Waals surface area (Å²) in [4.78, 5) is 0.185. The molecule has 0 unspecified atom stereocenters. The summed E-state index contributed by atoms with van der Waals surface area (Å²) in [7, 11) is -3.82. The number of anilines is 1. The van der Waals surface area contributed by atoms with Gasteiger partial charge in [0.2, 0.25) is 0 Å². The van der Waals surface area contributed by atoms with Crippen molar-refractivity contribution >= 4 is 27.3 Å². The van der Waals surface area contributed by atoms with Crippen LogP contribution in [0.1, 0.15) is 31.9 Å². The molecule has 1 N–H and O–H groups in total. The maximum atomic E-state index is 13.1. The number of hydrogen-bond donors (Lipinski definition) is 1. The van der Waals surface area contributed by atoms with Crippen LogP contribution in [-0.4, -0.2) is 8.42 Å². The van der Waals surface area contributed by atoms with Crippen molar-refractivity contribution in [2.75, 3.05) is 4.72 Å². The van der Waals surface area contributed by atoms with E-state index < -0.39 is 15.8 Å². The second kappa shape index (κ2) is 6.13. The molecule has 0 saturated heterocycles. The van der Waals surface area contributed by atoms with Crippen LogP contribution in [0.15, 0.2) is 41.3 Å². The third-order valence-corrected chi connectivity index (χ3v) is 5.34. The Kier molecular flexibility index (Phi) is 4.74. The van der Waals surface area contributed by atoms with Crippen LogP contribution >= 0.6 is 11.6 Å². The summed E-state index contributed by atoms with van der Waals surface area (Å²) in [6.45, 7) is 7.77. The molecule has 2 rings (SSSR count). The highest BCUT2D eigenvalue weighted by Gasteiger charge is 2.22. The smallest absolute Gasteiger partial charge is 0.262 e. The quantitative estimate of drug-likeness (QED) is 0.852. The summed E-state index contributed by atoms with van der Waals surface area (Å²) < 4.78 is 40.9. The van der Waals surface area contributed by atoms with E-state index in [4.69, 9.17) is 11.6 Å². The molecule has 0 fully saturated rings. The predicted octanol–water partition coefficient (Wildman–Crippen LogP) is 4.89. The van der Waals surface area contributed by atoms with E-state index in [1.807, 2.05) is 26.8 Å². The van der Waals surface area contributed by atoms with E-state index in [0.717, 1.165) is 17.7 Å². The van der Waals surface area contributed by atoms with Gasteiger partial charge in [0.25, 0.3) is 10.0 Å². The van der Waals surface area contributed by atoms with Gasteiger partial charge in [-0.15, -0.1) is 0 Å². The van der Waals surface area contributed by atoms with E-state index in [0.29, 0.717) is 5.56 Å². The molecule has 23 heavy (non-hydrogen) atoms. The number of hydrogen-bond acceptors (Lipinski definition) is 2. The van der Waals surface area contributed by atoms with Gasteiger partial charge in [0, 0.05) is 0 Å². The second-order valence-corrected chi connectivity index (χ2v) is 8.52. The number of benzene rings is 2. The summed E-state index contributed by atoms with van der Waals surface area (Å²) in [5.74, 6) is -0.524. The van der Waals surface area contributed by atoms with Crippen LogP contribution in [0.3, 0.4) is 0 Å². The average Bonchev–Trinajstić information content (AvgIpc) is 2.41. The molecule has 0 aliphatic carbocycles. The molecule has 2 aromatic rings. The maximum Gasteiger partial charge on any atom is 0.262 e. The molecule has 2 aromatic carbocycles. The molecule has 0 saturated carbocycles. The summed E-state index contributed by atoms with van der Waals surface area (Å²) in [6.07, 6.45) is 0. The first-order valence-electron chi connectivity index (χ1n) is 7.10. The van der Waals surface area contributed by atoms with Gasteiger partial charge < -0.3 is 0 Å². The molecule has 124 valence electrons. The molecule has 6 heteroatoms. The molecular formula is C17H19ClFNO2S. The van der Waals surface area contributed by atoms with Gasteiger partial charge in [-0.2, -0.15) is 0 Å². The van der Waals surface area contributed by atoms with Crippen molar-refractivity contribution in [1.82, 2.24) is 0 Å². The van der Waals surface area contributed by atoms with Gasteiger partial charge in [0.15, 0.2) is 0 Å². The normalized spacial score (nSPS) is 12.3. The summed E-state index contributed by atoms with van der Waals surface area (Å²) in [5, 5.41) is 0.0122. The fourth-order valence-electron chi connectivity index (χ4n) is 2.13. The van der Waals surface area contributed by atoms with E-state index >= 15 is 0 Å². The topological polar surface area (TPSA) is 46.2 Å². The zero-order valence-electron chi connectivity index (χ0n) is 13.4. The van der Waals surface area contributed by atoms with Gasteiger partial charge in [-0.05, 0) is 47.7 Å². The van der Waals surface area contributed by atoms with Gasteiger partial charge in [0.1, 0.15) is 5.82 Å². The van der Waals surface area contributed by atoms with Crippen LogP contribution in [0.2, 0.25) is 5.02 Å². The zero-order chi connectivity index (χ0) is 17.4. The van der Waals surface area contributed by atoms with E-state index in [9.17, 15) is 12.8 Å². The molecule has 0 radical (unpaired) electrons. The fraction of sp³-hybridized carbons (Fsp3) is 0.294.